The number of carbonyl (C=O) groups excluding carboxylic acids is 1. The minimum Gasteiger partial charge on any atom is -0.481 e. The molecule has 1 aliphatic rings. The molecule has 2 atom stereocenters. The van der Waals surface area contributed by atoms with Crippen molar-refractivity contribution < 1.29 is 19.8 Å². The van der Waals surface area contributed by atoms with Crippen molar-refractivity contribution in [1.29, 1.82) is 0 Å². The summed E-state index contributed by atoms with van der Waals surface area (Å²) in [6.45, 7) is 3.44. The molecule has 6 nitrogen and oxygen atoms in total. The highest BCUT2D eigenvalue weighted by molar-refractivity contribution is 5.74. The Labute approximate surface area is 107 Å². The number of rotatable bonds is 5. The van der Waals surface area contributed by atoms with Crippen molar-refractivity contribution in [1.82, 2.24) is 9.80 Å². The zero-order valence-corrected chi connectivity index (χ0v) is 11.0. The lowest BCUT2D eigenvalue weighted by atomic mass is 10.0. The molecule has 1 fully saturated rings. The van der Waals surface area contributed by atoms with Gasteiger partial charge in [0.1, 0.15) is 0 Å². The number of carbonyl (C=O) groups is 2. The van der Waals surface area contributed by atoms with Gasteiger partial charge in [-0.1, -0.05) is 0 Å². The van der Waals surface area contributed by atoms with Gasteiger partial charge in [0.15, 0.2) is 0 Å². The molecular weight excluding hydrogens is 236 g/mol. The van der Waals surface area contributed by atoms with Crippen LogP contribution in [0.25, 0.3) is 0 Å². The van der Waals surface area contributed by atoms with Gasteiger partial charge in [-0.05, 0) is 19.8 Å². The summed E-state index contributed by atoms with van der Waals surface area (Å²) in [6, 6.07) is -0.0801. The second kappa shape index (κ2) is 6.58. The summed E-state index contributed by atoms with van der Waals surface area (Å²) in [5.74, 6) is -0.687. The van der Waals surface area contributed by atoms with E-state index < -0.39 is 5.97 Å². The number of likely N-dealkylation sites (tertiary alicyclic amines) is 1. The van der Waals surface area contributed by atoms with Crippen molar-refractivity contribution in [3.63, 3.8) is 0 Å². The number of aliphatic hydroxyl groups excluding tert-OH is 1. The molecule has 0 aromatic rings. The molecule has 2 unspecified atom stereocenters. The van der Waals surface area contributed by atoms with E-state index in [-0.39, 0.29) is 24.5 Å². The quantitative estimate of drug-likeness (QED) is 0.757. The molecule has 1 saturated heterocycles. The highest BCUT2D eigenvalue weighted by atomic mass is 16.4. The molecular formula is C12H22N2O4. The van der Waals surface area contributed by atoms with Crippen LogP contribution in [0.4, 0.5) is 4.79 Å². The summed E-state index contributed by atoms with van der Waals surface area (Å²) in [5, 5.41) is 18.0. The van der Waals surface area contributed by atoms with E-state index in [1.54, 1.807) is 23.8 Å². The van der Waals surface area contributed by atoms with Gasteiger partial charge in [-0.3, -0.25) is 4.79 Å². The number of hydrogen-bond donors (Lipinski definition) is 2. The Morgan fingerprint density at radius 1 is 1.50 bits per heavy atom. The molecule has 0 radical (unpaired) electrons. The Morgan fingerprint density at radius 2 is 2.17 bits per heavy atom. The van der Waals surface area contributed by atoms with Crippen molar-refractivity contribution in [2.24, 2.45) is 5.92 Å². The Morgan fingerprint density at radius 3 is 2.67 bits per heavy atom. The average Bonchev–Trinajstić information content (AvgIpc) is 2.76. The SMILES string of the molecule is CC(O)C1CCN(C(=O)N(C)CCCC(=O)O)C1. The standard InChI is InChI=1S/C12H22N2O4/c1-9(15)10-5-7-14(8-10)12(18)13(2)6-3-4-11(16)17/h9-10,15H,3-8H2,1-2H3,(H,16,17). The fraction of sp³-hybridized carbons (Fsp3) is 0.833. The molecule has 1 aliphatic heterocycles. The van der Waals surface area contributed by atoms with Gasteiger partial charge in [0, 0.05) is 39.0 Å². The molecule has 2 N–H and O–H groups in total. The maximum absolute atomic E-state index is 12.0. The molecule has 0 spiro atoms. The zero-order chi connectivity index (χ0) is 13.7. The maximum Gasteiger partial charge on any atom is 0.319 e. The molecule has 104 valence electrons. The maximum atomic E-state index is 12.0. The number of carboxylic acids is 1. The summed E-state index contributed by atoms with van der Waals surface area (Å²) in [4.78, 5) is 25.7. The molecule has 1 rings (SSSR count). The van der Waals surface area contributed by atoms with Crippen LogP contribution in [0.1, 0.15) is 26.2 Å². The summed E-state index contributed by atoms with van der Waals surface area (Å²) in [6.07, 6.45) is 0.978. The minimum absolute atomic E-state index is 0.0773. The molecule has 18 heavy (non-hydrogen) atoms. The second-order valence-corrected chi connectivity index (χ2v) is 4.94. The summed E-state index contributed by atoms with van der Waals surface area (Å²) in [5.41, 5.74) is 0. The number of hydrogen-bond acceptors (Lipinski definition) is 3. The van der Waals surface area contributed by atoms with Crippen LogP contribution in [-0.2, 0) is 4.79 Å². The van der Waals surface area contributed by atoms with Crippen molar-refractivity contribution in [2.75, 3.05) is 26.7 Å². The zero-order valence-electron chi connectivity index (χ0n) is 11.0. The average molecular weight is 258 g/mol. The van der Waals surface area contributed by atoms with E-state index in [1.807, 2.05) is 0 Å². The van der Waals surface area contributed by atoms with Crippen LogP contribution in [0.2, 0.25) is 0 Å². The normalized spacial score (nSPS) is 20.8. The molecule has 0 aliphatic carbocycles. The topological polar surface area (TPSA) is 81.1 Å². The smallest absolute Gasteiger partial charge is 0.319 e. The third-order valence-electron chi connectivity index (χ3n) is 3.39. The van der Waals surface area contributed by atoms with E-state index in [9.17, 15) is 14.7 Å². The van der Waals surface area contributed by atoms with Crippen LogP contribution in [0.3, 0.4) is 0 Å². The first-order valence-electron chi connectivity index (χ1n) is 6.31. The van der Waals surface area contributed by atoms with Crippen LogP contribution < -0.4 is 0 Å². The van der Waals surface area contributed by atoms with Crippen molar-refractivity contribution >= 4 is 12.0 Å². The molecule has 0 aromatic heterocycles. The van der Waals surface area contributed by atoms with Crippen LogP contribution in [0.5, 0.6) is 0 Å². The lowest BCUT2D eigenvalue weighted by Gasteiger charge is -2.24. The van der Waals surface area contributed by atoms with E-state index in [2.05, 4.69) is 0 Å². The Bertz CT molecular complexity index is 306. The molecule has 6 heteroatoms. The molecule has 0 aromatic carbocycles. The summed E-state index contributed by atoms with van der Waals surface area (Å²) in [7, 11) is 1.68. The van der Waals surface area contributed by atoms with Gasteiger partial charge in [0.25, 0.3) is 0 Å². The van der Waals surface area contributed by atoms with Gasteiger partial charge in [-0.25, -0.2) is 4.79 Å². The first-order chi connectivity index (χ1) is 8.41. The fourth-order valence-corrected chi connectivity index (χ4v) is 2.16. The third-order valence-corrected chi connectivity index (χ3v) is 3.39. The minimum atomic E-state index is -0.841. The van der Waals surface area contributed by atoms with Crippen LogP contribution in [-0.4, -0.2) is 64.8 Å². The largest absolute Gasteiger partial charge is 0.481 e. The predicted molar refractivity (Wildman–Crippen MR) is 66.3 cm³/mol. The number of amides is 2. The molecule has 0 saturated carbocycles. The van der Waals surface area contributed by atoms with E-state index in [0.29, 0.717) is 26.1 Å². The van der Waals surface area contributed by atoms with Gasteiger partial charge < -0.3 is 20.0 Å². The first-order valence-corrected chi connectivity index (χ1v) is 6.31. The highest BCUT2D eigenvalue weighted by Gasteiger charge is 2.30. The van der Waals surface area contributed by atoms with Crippen LogP contribution >= 0.6 is 0 Å². The Kier molecular flexibility index (Phi) is 5.40. The van der Waals surface area contributed by atoms with E-state index in [0.717, 1.165) is 6.42 Å². The van der Waals surface area contributed by atoms with Gasteiger partial charge in [-0.15, -0.1) is 0 Å². The summed E-state index contributed by atoms with van der Waals surface area (Å²) < 4.78 is 0. The summed E-state index contributed by atoms with van der Waals surface area (Å²) >= 11 is 0. The van der Waals surface area contributed by atoms with Gasteiger partial charge >= 0.3 is 12.0 Å². The molecule has 1 heterocycles. The van der Waals surface area contributed by atoms with Gasteiger partial charge in [-0.2, -0.15) is 0 Å². The second-order valence-electron chi connectivity index (χ2n) is 4.94. The predicted octanol–water partition coefficient (Wildman–Crippen LogP) is 0.606. The van der Waals surface area contributed by atoms with Crippen LogP contribution in [0, 0.1) is 5.92 Å². The van der Waals surface area contributed by atoms with E-state index >= 15 is 0 Å². The number of nitrogens with zero attached hydrogens (tertiary/aromatic N) is 2. The molecule has 2 amide bonds. The number of aliphatic hydroxyl groups is 1. The van der Waals surface area contributed by atoms with Crippen molar-refractivity contribution in [3.05, 3.63) is 0 Å². The van der Waals surface area contributed by atoms with Gasteiger partial charge in [0.2, 0.25) is 0 Å². The fourth-order valence-electron chi connectivity index (χ4n) is 2.16. The van der Waals surface area contributed by atoms with Crippen molar-refractivity contribution in [3.8, 4) is 0 Å². The first kappa shape index (κ1) is 14.8. The van der Waals surface area contributed by atoms with Gasteiger partial charge in [0.05, 0.1) is 6.10 Å². The van der Waals surface area contributed by atoms with Crippen molar-refractivity contribution in [2.45, 2.75) is 32.3 Å². The van der Waals surface area contributed by atoms with E-state index in [1.165, 1.54) is 0 Å². The number of carboxylic acid groups (broad SMARTS) is 1. The number of aliphatic carboxylic acids is 1. The monoisotopic (exact) mass is 258 g/mol. The highest BCUT2D eigenvalue weighted by Crippen LogP contribution is 2.20. The van der Waals surface area contributed by atoms with E-state index in [4.69, 9.17) is 5.11 Å². The molecule has 0 bridgehead atoms. The lowest BCUT2D eigenvalue weighted by Crippen LogP contribution is -2.40. The number of urea groups is 1. The van der Waals surface area contributed by atoms with Crippen LogP contribution in [0.15, 0.2) is 0 Å². The third kappa shape index (κ3) is 4.18. The Hall–Kier alpha value is -1.30. The Balaban J connectivity index is 2.33. The lowest BCUT2D eigenvalue weighted by molar-refractivity contribution is -0.137.